The van der Waals surface area contributed by atoms with Crippen molar-refractivity contribution in [1.82, 2.24) is 5.32 Å². The molecular formula is C13H19N3O4S. The number of aromatic carboxylic acids is 1. The third-order valence-corrected chi connectivity index (χ3v) is 2.62. The van der Waals surface area contributed by atoms with E-state index in [2.05, 4.69) is 17.5 Å². The van der Waals surface area contributed by atoms with E-state index in [4.69, 9.17) is 21.7 Å². The summed E-state index contributed by atoms with van der Waals surface area (Å²) in [6.07, 6.45) is 1.03. The lowest BCUT2D eigenvalue weighted by Gasteiger charge is -2.07. The molecule has 0 radical (unpaired) electrons. The zero-order valence-electron chi connectivity index (χ0n) is 11.6. The van der Waals surface area contributed by atoms with Crippen molar-refractivity contribution in [3.8, 4) is 5.75 Å². The van der Waals surface area contributed by atoms with Gasteiger partial charge in [-0.1, -0.05) is 24.4 Å². The lowest BCUT2D eigenvalue weighted by Crippen LogP contribution is -2.39. The Morgan fingerprint density at radius 3 is 2.33 bits per heavy atom. The maximum atomic E-state index is 10.8. The summed E-state index contributed by atoms with van der Waals surface area (Å²) in [6, 6.07) is 5.31. The molecule has 0 aliphatic rings. The average Bonchev–Trinajstić information content (AvgIpc) is 2.44. The van der Waals surface area contributed by atoms with Crippen molar-refractivity contribution in [2.24, 2.45) is 11.5 Å². The first kappa shape index (κ1) is 18.8. The van der Waals surface area contributed by atoms with Crippen LogP contribution in [-0.4, -0.2) is 40.2 Å². The van der Waals surface area contributed by atoms with Crippen LogP contribution in [0.25, 0.3) is 0 Å². The van der Waals surface area contributed by atoms with E-state index in [-0.39, 0.29) is 17.2 Å². The fourth-order valence-corrected chi connectivity index (χ4v) is 1.39. The van der Waals surface area contributed by atoms with E-state index in [1.165, 1.54) is 12.1 Å². The molecule has 21 heavy (non-hydrogen) atoms. The van der Waals surface area contributed by atoms with Gasteiger partial charge in [-0.2, -0.15) is 0 Å². The molecule has 1 aromatic carbocycles. The van der Waals surface area contributed by atoms with Gasteiger partial charge in [0.1, 0.15) is 11.3 Å². The third kappa shape index (κ3) is 7.85. The molecule has 1 rings (SSSR count). The number of nitrogens with two attached hydrogens (primary N) is 2. The first-order valence-electron chi connectivity index (χ1n) is 6.06. The van der Waals surface area contributed by atoms with Gasteiger partial charge < -0.3 is 27.0 Å². The molecule has 1 amide bonds. The summed E-state index contributed by atoms with van der Waals surface area (Å²) in [5, 5.41) is 19.7. The van der Waals surface area contributed by atoms with Crippen LogP contribution in [-0.2, 0) is 4.79 Å². The van der Waals surface area contributed by atoms with Gasteiger partial charge in [0, 0.05) is 7.05 Å². The Kier molecular flexibility index (Phi) is 8.66. The zero-order chi connectivity index (χ0) is 16.4. The number of phenols is 1. The number of hydrogen-bond donors (Lipinski definition) is 5. The second kappa shape index (κ2) is 9.67. The van der Waals surface area contributed by atoms with Crippen molar-refractivity contribution in [2.45, 2.75) is 18.9 Å². The summed E-state index contributed by atoms with van der Waals surface area (Å²) in [5.41, 5.74) is 10.6. The van der Waals surface area contributed by atoms with Crippen LogP contribution in [0.3, 0.4) is 0 Å². The number of aromatic hydroxyl groups is 1. The van der Waals surface area contributed by atoms with Gasteiger partial charge >= 0.3 is 5.97 Å². The second-order valence-electron chi connectivity index (χ2n) is 4.05. The molecular weight excluding hydrogens is 294 g/mol. The van der Waals surface area contributed by atoms with E-state index < -0.39 is 12.0 Å². The molecule has 0 saturated heterocycles. The van der Waals surface area contributed by atoms with E-state index in [1.807, 2.05) is 0 Å². The van der Waals surface area contributed by atoms with Gasteiger partial charge in [-0.25, -0.2) is 4.79 Å². The Morgan fingerprint density at radius 1 is 1.38 bits per heavy atom. The number of para-hydroxylation sites is 1. The Bertz CT molecular complexity index is 508. The number of thiocarbonyl (C=S) groups is 1. The Balaban J connectivity index is 0.000000382. The lowest BCUT2D eigenvalue weighted by molar-refractivity contribution is -0.121. The van der Waals surface area contributed by atoms with Gasteiger partial charge in [0.15, 0.2) is 0 Å². The van der Waals surface area contributed by atoms with Crippen LogP contribution in [0.1, 0.15) is 23.2 Å². The quantitative estimate of drug-likeness (QED) is 0.490. The van der Waals surface area contributed by atoms with Gasteiger partial charge in [-0.15, -0.1) is 0 Å². The van der Waals surface area contributed by atoms with Gasteiger partial charge in [-0.3, -0.25) is 4.79 Å². The molecule has 7 nitrogen and oxygen atoms in total. The van der Waals surface area contributed by atoms with Gasteiger partial charge in [-0.05, 0) is 25.0 Å². The Labute approximate surface area is 127 Å². The first-order chi connectivity index (χ1) is 9.79. The highest BCUT2D eigenvalue weighted by molar-refractivity contribution is 7.80. The molecule has 0 aromatic heterocycles. The standard InChI is InChI=1S/C7H6O3.C6H13N3OS/c8-6-4-2-1-3-5(6)7(9)10;1-9-6(10)4(7)2-3-5(8)11/h1-4,8H,(H,9,10);4H,2-3,7H2,1H3,(H2,8,11)(H,9,10). The predicted molar refractivity (Wildman–Crippen MR) is 83.1 cm³/mol. The lowest BCUT2D eigenvalue weighted by atomic mass is 10.1. The molecule has 1 unspecified atom stereocenters. The monoisotopic (exact) mass is 313 g/mol. The molecule has 1 aromatic rings. The maximum absolute atomic E-state index is 10.8. The summed E-state index contributed by atoms with van der Waals surface area (Å²) < 4.78 is 0. The highest BCUT2D eigenvalue weighted by atomic mass is 32.1. The molecule has 0 bridgehead atoms. The van der Waals surface area contributed by atoms with E-state index in [1.54, 1.807) is 19.2 Å². The molecule has 0 heterocycles. The molecule has 0 saturated carbocycles. The highest BCUT2D eigenvalue weighted by Crippen LogP contribution is 2.14. The number of carbonyl (C=O) groups is 2. The minimum absolute atomic E-state index is 0.0671. The van der Waals surface area contributed by atoms with Crippen LogP contribution in [0.15, 0.2) is 24.3 Å². The fraction of sp³-hybridized carbons (Fsp3) is 0.308. The van der Waals surface area contributed by atoms with Gasteiger partial charge in [0.05, 0.1) is 11.0 Å². The molecule has 7 N–H and O–H groups in total. The summed E-state index contributed by atoms with van der Waals surface area (Å²) in [4.78, 5) is 21.5. The van der Waals surface area contributed by atoms with Crippen molar-refractivity contribution in [3.05, 3.63) is 29.8 Å². The molecule has 116 valence electrons. The SMILES string of the molecule is CNC(=O)C(N)CCC(N)=S.O=C(O)c1ccccc1O. The predicted octanol–water partition coefficient (Wildman–Crippen LogP) is 0.216. The van der Waals surface area contributed by atoms with Gasteiger partial charge in [0.2, 0.25) is 5.91 Å². The van der Waals surface area contributed by atoms with Crippen molar-refractivity contribution < 1.29 is 19.8 Å². The van der Waals surface area contributed by atoms with E-state index in [9.17, 15) is 9.59 Å². The molecule has 0 spiro atoms. The number of carboxylic acid groups (broad SMARTS) is 1. The molecule has 0 aliphatic heterocycles. The molecule has 8 heteroatoms. The summed E-state index contributed by atoms with van der Waals surface area (Å²) in [6.45, 7) is 0. The van der Waals surface area contributed by atoms with Crippen molar-refractivity contribution >= 4 is 29.1 Å². The topological polar surface area (TPSA) is 139 Å². The van der Waals surface area contributed by atoms with Crippen LogP contribution in [0.5, 0.6) is 5.75 Å². The van der Waals surface area contributed by atoms with E-state index in [0.29, 0.717) is 17.8 Å². The number of hydrogen-bond acceptors (Lipinski definition) is 5. The normalized spacial score (nSPS) is 10.8. The average molecular weight is 313 g/mol. The molecule has 0 fully saturated rings. The van der Waals surface area contributed by atoms with Crippen molar-refractivity contribution in [3.63, 3.8) is 0 Å². The van der Waals surface area contributed by atoms with Crippen molar-refractivity contribution in [2.75, 3.05) is 7.05 Å². The highest BCUT2D eigenvalue weighted by Gasteiger charge is 2.10. The number of carboxylic acids is 1. The number of likely N-dealkylation sites (N-methyl/N-ethyl adjacent to an activating group) is 1. The molecule has 0 aliphatic carbocycles. The number of nitrogens with one attached hydrogen (secondary N) is 1. The maximum Gasteiger partial charge on any atom is 0.339 e. The van der Waals surface area contributed by atoms with Crippen LogP contribution < -0.4 is 16.8 Å². The van der Waals surface area contributed by atoms with E-state index in [0.717, 1.165) is 0 Å². The third-order valence-electron chi connectivity index (χ3n) is 2.42. The first-order valence-corrected chi connectivity index (χ1v) is 6.47. The Morgan fingerprint density at radius 2 is 1.95 bits per heavy atom. The zero-order valence-corrected chi connectivity index (χ0v) is 12.4. The summed E-state index contributed by atoms with van der Waals surface area (Å²) >= 11 is 4.63. The van der Waals surface area contributed by atoms with Crippen LogP contribution in [0.2, 0.25) is 0 Å². The second-order valence-corrected chi connectivity index (χ2v) is 4.57. The summed E-state index contributed by atoms with van der Waals surface area (Å²) in [5.74, 6) is -1.49. The largest absolute Gasteiger partial charge is 0.507 e. The number of amides is 1. The number of benzene rings is 1. The molecule has 1 atom stereocenters. The minimum atomic E-state index is -1.11. The fourth-order valence-electron chi connectivity index (χ4n) is 1.27. The smallest absolute Gasteiger partial charge is 0.339 e. The van der Waals surface area contributed by atoms with Crippen LogP contribution in [0, 0.1) is 0 Å². The summed E-state index contributed by atoms with van der Waals surface area (Å²) in [7, 11) is 1.54. The van der Waals surface area contributed by atoms with E-state index >= 15 is 0 Å². The van der Waals surface area contributed by atoms with Crippen molar-refractivity contribution in [1.29, 1.82) is 0 Å². The minimum Gasteiger partial charge on any atom is -0.507 e. The van der Waals surface area contributed by atoms with Gasteiger partial charge in [0.25, 0.3) is 0 Å². The number of carbonyl (C=O) groups excluding carboxylic acids is 1. The number of rotatable bonds is 5. The Hall–Kier alpha value is -2.19. The van der Waals surface area contributed by atoms with Crippen LogP contribution >= 0.6 is 12.2 Å². The van der Waals surface area contributed by atoms with Crippen LogP contribution in [0.4, 0.5) is 0 Å².